The molecule has 1 atom stereocenters. The van der Waals surface area contributed by atoms with E-state index < -0.39 is 10.0 Å². The van der Waals surface area contributed by atoms with Crippen LogP contribution < -0.4 is 9.04 Å². The molecule has 6 nitrogen and oxygen atoms in total. The zero-order valence-corrected chi connectivity index (χ0v) is 18.0. The highest BCUT2D eigenvalue weighted by atomic mass is 32.2. The molecule has 3 rings (SSSR count). The van der Waals surface area contributed by atoms with Gasteiger partial charge in [0.2, 0.25) is 5.91 Å². The number of likely N-dealkylation sites (tertiary alicyclic amines) is 1. The van der Waals surface area contributed by atoms with E-state index >= 15 is 0 Å². The smallest absolute Gasteiger partial charge is 0.264 e. The van der Waals surface area contributed by atoms with Gasteiger partial charge >= 0.3 is 0 Å². The number of carbonyl (C=O) groups is 1. The molecule has 1 aliphatic heterocycles. The predicted molar refractivity (Wildman–Crippen MR) is 114 cm³/mol. The lowest BCUT2D eigenvalue weighted by Gasteiger charge is -2.33. The molecule has 1 amide bonds. The minimum atomic E-state index is -3.91. The highest BCUT2D eigenvalue weighted by Crippen LogP contribution is 2.28. The van der Waals surface area contributed by atoms with Gasteiger partial charge in [0.25, 0.3) is 10.0 Å². The predicted octanol–water partition coefficient (Wildman–Crippen LogP) is 3.46. The van der Waals surface area contributed by atoms with Gasteiger partial charge in [0, 0.05) is 19.2 Å². The monoisotopic (exact) mass is 416 g/mol. The van der Waals surface area contributed by atoms with E-state index in [-0.39, 0.29) is 17.3 Å². The van der Waals surface area contributed by atoms with Crippen molar-refractivity contribution in [2.75, 3.05) is 31.0 Å². The Balaban J connectivity index is 1.97. The summed E-state index contributed by atoms with van der Waals surface area (Å²) >= 11 is 0. The van der Waals surface area contributed by atoms with Gasteiger partial charge in [0.1, 0.15) is 12.3 Å². The van der Waals surface area contributed by atoms with Gasteiger partial charge in [0.15, 0.2) is 0 Å². The first-order chi connectivity index (χ1) is 13.8. The van der Waals surface area contributed by atoms with Crippen LogP contribution in [0.4, 0.5) is 5.69 Å². The van der Waals surface area contributed by atoms with Crippen LogP contribution >= 0.6 is 0 Å². The lowest BCUT2D eigenvalue weighted by Crippen LogP contribution is -2.46. The highest BCUT2D eigenvalue weighted by molar-refractivity contribution is 7.92. The summed E-state index contributed by atoms with van der Waals surface area (Å²) in [6, 6.07) is 13.4. The number of methoxy groups -OCH3 is 1. The number of hydrogen-bond acceptors (Lipinski definition) is 4. The van der Waals surface area contributed by atoms with Crippen molar-refractivity contribution in [1.29, 1.82) is 0 Å². The van der Waals surface area contributed by atoms with E-state index in [0.717, 1.165) is 18.4 Å². The van der Waals surface area contributed by atoms with Crippen LogP contribution in [0.15, 0.2) is 53.4 Å². The van der Waals surface area contributed by atoms with Crippen molar-refractivity contribution >= 4 is 21.6 Å². The third kappa shape index (κ3) is 4.90. The van der Waals surface area contributed by atoms with E-state index in [0.29, 0.717) is 30.4 Å². The van der Waals surface area contributed by atoms with Crippen LogP contribution in [0.3, 0.4) is 0 Å². The van der Waals surface area contributed by atoms with E-state index in [2.05, 4.69) is 6.92 Å². The van der Waals surface area contributed by atoms with Gasteiger partial charge in [-0.3, -0.25) is 9.10 Å². The second kappa shape index (κ2) is 8.86. The summed E-state index contributed by atoms with van der Waals surface area (Å²) < 4.78 is 33.3. The molecule has 0 aromatic heterocycles. The summed E-state index contributed by atoms with van der Waals surface area (Å²) in [6.45, 7) is 5.10. The molecular weight excluding hydrogens is 388 g/mol. The second-order valence-electron chi connectivity index (χ2n) is 7.61. The molecule has 7 heteroatoms. The molecule has 0 radical (unpaired) electrons. The number of aryl methyl sites for hydroxylation is 1. The van der Waals surface area contributed by atoms with Crippen molar-refractivity contribution in [3.8, 4) is 5.75 Å². The van der Waals surface area contributed by atoms with Crippen molar-refractivity contribution in [3.05, 3.63) is 54.1 Å². The number of carbonyl (C=O) groups excluding carboxylic acids is 1. The molecule has 0 N–H and O–H groups in total. The Hall–Kier alpha value is -2.54. The standard InChI is InChI=1S/C22H28N2O4S/c1-17-9-11-21(12-10-17)29(26,27)24(19-7-4-8-20(14-19)28-3)16-22(25)23-13-5-6-18(2)15-23/h4,7-12,14,18H,5-6,13,15-16H2,1-3H3/t18-/m0/s1. The number of rotatable bonds is 6. The Bertz CT molecular complexity index is 957. The average Bonchev–Trinajstić information content (AvgIpc) is 2.72. The van der Waals surface area contributed by atoms with E-state index in [9.17, 15) is 13.2 Å². The van der Waals surface area contributed by atoms with Gasteiger partial charge < -0.3 is 9.64 Å². The summed E-state index contributed by atoms with van der Waals surface area (Å²) in [6.07, 6.45) is 2.03. The molecule has 1 heterocycles. The molecule has 0 saturated carbocycles. The summed E-state index contributed by atoms with van der Waals surface area (Å²) in [7, 11) is -2.39. The molecule has 2 aromatic carbocycles. The van der Waals surface area contributed by atoms with Gasteiger partial charge in [-0.2, -0.15) is 0 Å². The number of nitrogens with zero attached hydrogens (tertiary/aromatic N) is 2. The normalized spacial score (nSPS) is 17.1. The van der Waals surface area contributed by atoms with Crippen molar-refractivity contribution in [2.24, 2.45) is 5.92 Å². The summed E-state index contributed by atoms with van der Waals surface area (Å²) in [4.78, 5) is 14.9. The third-order valence-corrected chi connectivity index (χ3v) is 7.03. The van der Waals surface area contributed by atoms with Crippen LogP contribution in [-0.4, -0.2) is 46.0 Å². The van der Waals surface area contributed by atoms with E-state index in [4.69, 9.17) is 4.74 Å². The maximum atomic E-state index is 13.4. The number of anilines is 1. The maximum Gasteiger partial charge on any atom is 0.264 e. The van der Waals surface area contributed by atoms with Crippen LogP contribution in [-0.2, 0) is 14.8 Å². The summed E-state index contributed by atoms with van der Waals surface area (Å²) in [5.41, 5.74) is 1.37. The highest BCUT2D eigenvalue weighted by Gasteiger charge is 2.30. The van der Waals surface area contributed by atoms with Gasteiger partial charge in [-0.25, -0.2) is 8.42 Å². The molecule has 0 spiro atoms. The minimum Gasteiger partial charge on any atom is -0.497 e. The molecule has 156 valence electrons. The van der Waals surface area contributed by atoms with Gasteiger partial charge in [-0.1, -0.05) is 30.7 Å². The number of hydrogen-bond donors (Lipinski definition) is 0. The van der Waals surface area contributed by atoms with Crippen LogP contribution in [0.5, 0.6) is 5.75 Å². The molecule has 0 aliphatic carbocycles. The number of piperidine rings is 1. The Kier molecular flexibility index (Phi) is 6.47. The van der Waals surface area contributed by atoms with Crippen LogP contribution in [0.2, 0.25) is 0 Å². The first-order valence-corrected chi connectivity index (χ1v) is 11.3. The molecule has 1 fully saturated rings. The Morgan fingerprint density at radius 1 is 1.21 bits per heavy atom. The number of amides is 1. The lowest BCUT2D eigenvalue weighted by molar-refractivity contribution is -0.131. The Morgan fingerprint density at radius 3 is 2.59 bits per heavy atom. The van der Waals surface area contributed by atoms with E-state index in [1.165, 1.54) is 11.4 Å². The molecule has 0 unspecified atom stereocenters. The zero-order chi connectivity index (χ0) is 21.0. The SMILES string of the molecule is COc1cccc(N(CC(=O)N2CCC[C@H](C)C2)S(=O)(=O)c2ccc(C)cc2)c1. The van der Waals surface area contributed by atoms with Crippen molar-refractivity contribution in [1.82, 2.24) is 4.90 Å². The third-order valence-electron chi connectivity index (χ3n) is 5.24. The topological polar surface area (TPSA) is 66.9 Å². The van der Waals surface area contributed by atoms with Crippen LogP contribution in [0, 0.1) is 12.8 Å². The Morgan fingerprint density at radius 2 is 1.93 bits per heavy atom. The molecule has 29 heavy (non-hydrogen) atoms. The maximum absolute atomic E-state index is 13.4. The van der Waals surface area contributed by atoms with E-state index in [1.807, 2.05) is 6.92 Å². The molecule has 2 aromatic rings. The Labute approximate surface area is 173 Å². The van der Waals surface area contributed by atoms with Gasteiger partial charge in [0.05, 0.1) is 17.7 Å². The fourth-order valence-electron chi connectivity index (χ4n) is 3.56. The van der Waals surface area contributed by atoms with Crippen molar-refractivity contribution < 1.29 is 17.9 Å². The van der Waals surface area contributed by atoms with Gasteiger partial charge in [-0.15, -0.1) is 0 Å². The van der Waals surface area contributed by atoms with Crippen LogP contribution in [0.1, 0.15) is 25.3 Å². The largest absolute Gasteiger partial charge is 0.497 e. The molecule has 1 aliphatic rings. The van der Waals surface area contributed by atoms with Crippen LogP contribution in [0.25, 0.3) is 0 Å². The molecule has 0 bridgehead atoms. The zero-order valence-electron chi connectivity index (χ0n) is 17.2. The molecule has 1 saturated heterocycles. The quantitative estimate of drug-likeness (QED) is 0.723. The van der Waals surface area contributed by atoms with Crippen molar-refractivity contribution in [3.63, 3.8) is 0 Å². The fraction of sp³-hybridized carbons (Fsp3) is 0.409. The lowest BCUT2D eigenvalue weighted by atomic mass is 10.0. The van der Waals surface area contributed by atoms with Crippen molar-refractivity contribution in [2.45, 2.75) is 31.6 Å². The van der Waals surface area contributed by atoms with Gasteiger partial charge in [-0.05, 0) is 49.9 Å². The fourth-order valence-corrected chi connectivity index (χ4v) is 4.96. The van der Waals surface area contributed by atoms with E-state index in [1.54, 1.807) is 53.4 Å². The first kappa shape index (κ1) is 21.2. The summed E-state index contributed by atoms with van der Waals surface area (Å²) in [5.74, 6) is 0.771. The molecular formula is C22H28N2O4S. The minimum absolute atomic E-state index is 0.158. The average molecular weight is 417 g/mol. The number of ether oxygens (including phenoxy) is 1. The summed E-state index contributed by atoms with van der Waals surface area (Å²) in [5, 5.41) is 0. The first-order valence-electron chi connectivity index (χ1n) is 9.82. The second-order valence-corrected chi connectivity index (χ2v) is 9.48. The number of benzene rings is 2. The number of sulfonamides is 1.